The van der Waals surface area contributed by atoms with Gasteiger partial charge in [-0.2, -0.15) is 0 Å². The first-order valence-electron chi connectivity index (χ1n) is 5.70. The summed E-state index contributed by atoms with van der Waals surface area (Å²) in [5.41, 5.74) is 6.36. The first-order chi connectivity index (χ1) is 7.77. The van der Waals surface area contributed by atoms with Crippen LogP contribution >= 0.6 is 0 Å². The summed E-state index contributed by atoms with van der Waals surface area (Å²) in [5.74, 6) is -0.195. The Hall–Kier alpha value is -1.42. The number of rotatable bonds is 4. The van der Waals surface area contributed by atoms with Gasteiger partial charge in [-0.25, -0.2) is 0 Å². The van der Waals surface area contributed by atoms with E-state index in [9.17, 15) is 4.79 Å². The largest absolute Gasteiger partial charge is 0.369 e. The highest BCUT2D eigenvalue weighted by Gasteiger charge is 2.30. The number of nitrogens with two attached hydrogens (primary N) is 1. The van der Waals surface area contributed by atoms with Crippen LogP contribution in [0.1, 0.15) is 25.0 Å². The zero-order valence-electron chi connectivity index (χ0n) is 9.23. The van der Waals surface area contributed by atoms with Crippen LogP contribution in [0.25, 0.3) is 0 Å². The number of amides is 1. The summed E-state index contributed by atoms with van der Waals surface area (Å²) in [5, 5.41) is 3.37. The van der Waals surface area contributed by atoms with Crippen LogP contribution in [-0.2, 0) is 11.3 Å². The number of hydrogen-bond donors (Lipinski definition) is 2. The highest BCUT2D eigenvalue weighted by Crippen LogP contribution is 2.25. The van der Waals surface area contributed by atoms with Crippen LogP contribution in [0.3, 0.4) is 0 Å². The van der Waals surface area contributed by atoms with Crippen molar-refractivity contribution in [2.75, 3.05) is 0 Å². The first kappa shape index (κ1) is 11.1. The molecule has 0 radical (unpaired) electrons. The molecule has 2 unspecified atom stereocenters. The zero-order valence-corrected chi connectivity index (χ0v) is 9.23. The van der Waals surface area contributed by atoms with E-state index in [2.05, 4.69) is 10.3 Å². The van der Waals surface area contributed by atoms with Crippen molar-refractivity contribution in [3.63, 3.8) is 0 Å². The molecule has 1 saturated carbocycles. The summed E-state index contributed by atoms with van der Waals surface area (Å²) in [6.45, 7) is 0.704. The van der Waals surface area contributed by atoms with Crippen molar-refractivity contribution >= 4 is 5.91 Å². The molecular formula is C12H17N3O. The first-order valence-corrected chi connectivity index (χ1v) is 5.70. The van der Waals surface area contributed by atoms with Gasteiger partial charge in [-0.3, -0.25) is 9.78 Å². The molecule has 1 fully saturated rings. The Kier molecular flexibility index (Phi) is 3.51. The summed E-state index contributed by atoms with van der Waals surface area (Å²) in [4.78, 5) is 15.4. The molecule has 86 valence electrons. The lowest BCUT2D eigenvalue weighted by molar-refractivity contribution is -0.122. The zero-order chi connectivity index (χ0) is 11.4. The maximum absolute atomic E-state index is 11.2. The van der Waals surface area contributed by atoms with E-state index in [1.807, 2.05) is 18.2 Å². The van der Waals surface area contributed by atoms with Gasteiger partial charge in [-0.1, -0.05) is 12.5 Å². The normalized spacial score (nSPS) is 24.5. The molecule has 2 rings (SSSR count). The number of nitrogens with one attached hydrogen (secondary N) is 1. The van der Waals surface area contributed by atoms with Crippen LogP contribution in [0.5, 0.6) is 0 Å². The number of aromatic nitrogens is 1. The molecule has 0 saturated heterocycles. The summed E-state index contributed by atoms with van der Waals surface area (Å²) in [7, 11) is 0. The van der Waals surface area contributed by atoms with Gasteiger partial charge in [0.2, 0.25) is 5.91 Å². The number of pyridine rings is 1. The Balaban J connectivity index is 1.88. The van der Waals surface area contributed by atoms with Gasteiger partial charge >= 0.3 is 0 Å². The Morgan fingerprint density at radius 2 is 2.38 bits per heavy atom. The third kappa shape index (κ3) is 2.58. The molecule has 2 atom stereocenters. The van der Waals surface area contributed by atoms with Crippen molar-refractivity contribution in [2.45, 2.75) is 31.8 Å². The third-order valence-electron chi connectivity index (χ3n) is 3.15. The topological polar surface area (TPSA) is 68.0 Å². The average molecular weight is 219 g/mol. The standard InChI is InChI=1S/C12H17N3O/c13-12(16)10-5-3-6-11(10)15-8-9-4-1-2-7-14-9/h1-2,4,7,10-11,15H,3,5-6,8H2,(H2,13,16). The Morgan fingerprint density at radius 1 is 1.50 bits per heavy atom. The van der Waals surface area contributed by atoms with E-state index in [0.29, 0.717) is 6.54 Å². The molecule has 0 bridgehead atoms. The van der Waals surface area contributed by atoms with Crippen LogP contribution in [0, 0.1) is 5.92 Å². The molecule has 0 aliphatic heterocycles. The highest BCUT2D eigenvalue weighted by molar-refractivity contribution is 5.77. The van der Waals surface area contributed by atoms with Crippen molar-refractivity contribution in [1.29, 1.82) is 0 Å². The minimum atomic E-state index is -0.184. The molecule has 0 spiro atoms. The van der Waals surface area contributed by atoms with Gasteiger partial charge in [-0.15, -0.1) is 0 Å². The van der Waals surface area contributed by atoms with E-state index in [-0.39, 0.29) is 17.9 Å². The van der Waals surface area contributed by atoms with Gasteiger partial charge < -0.3 is 11.1 Å². The molecule has 4 heteroatoms. The molecule has 3 N–H and O–H groups in total. The van der Waals surface area contributed by atoms with Crippen molar-refractivity contribution in [1.82, 2.24) is 10.3 Å². The van der Waals surface area contributed by atoms with Crippen molar-refractivity contribution in [2.24, 2.45) is 11.7 Å². The van der Waals surface area contributed by atoms with Gasteiger partial charge in [0.15, 0.2) is 0 Å². The fourth-order valence-corrected chi connectivity index (χ4v) is 2.28. The van der Waals surface area contributed by atoms with Crippen LogP contribution < -0.4 is 11.1 Å². The number of primary amides is 1. The number of carbonyl (C=O) groups is 1. The molecule has 1 heterocycles. The summed E-state index contributed by atoms with van der Waals surface area (Å²) in [6.07, 6.45) is 4.79. The lowest BCUT2D eigenvalue weighted by Crippen LogP contribution is -2.39. The van der Waals surface area contributed by atoms with E-state index in [0.717, 1.165) is 25.0 Å². The van der Waals surface area contributed by atoms with E-state index in [1.54, 1.807) is 6.20 Å². The number of carbonyl (C=O) groups excluding carboxylic acids is 1. The molecule has 1 aromatic rings. The van der Waals surface area contributed by atoms with E-state index in [4.69, 9.17) is 5.73 Å². The number of nitrogens with zero attached hydrogens (tertiary/aromatic N) is 1. The lowest BCUT2D eigenvalue weighted by Gasteiger charge is -2.17. The fraction of sp³-hybridized carbons (Fsp3) is 0.500. The van der Waals surface area contributed by atoms with Gasteiger partial charge in [0.1, 0.15) is 0 Å². The second-order valence-corrected chi connectivity index (χ2v) is 4.25. The summed E-state index contributed by atoms with van der Waals surface area (Å²) < 4.78 is 0. The van der Waals surface area contributed by atoms with Crippen LogP contribution in [-0.4, -0.2) is 16.9 Å². The third-order valence-corrected chi connectivity index (χ3v) is 3.15. The van der Waals surface area contributed by atoms with E-state index < -0.39 is 0 Å². The van der Waals surface area contributed by atoms with Crippen LogP contribution in [0.4, 0.5) is 0 Å². The van der Waals surface area contributed by atoms with Crippen molar-refractivity contribution in [3.8, 4) is 0 Å². The van der Waals surface area contributed by atoms with E-state index in [1.165, 1.54) is 0 Å². The minimum absolute atomic E-state index is 0.0105. The maximum Gasteiger partial charge on any atom is 0.222 e. The second kappa shape index (κ2) is 5.07. The molecule has 4 nitrogen and oxygen atoms in total. The Morgan fingerprint density at radius 3 is 3.06 bits per heavy atom. The minimum Gasteiger partial charge on any atom is -0.369 e. The Labute approximate surface area is 95.3 Å². The number of hydrogen-bond acceptors (Lipinski definition) is 3. The van der Waals surface area contributed by atoms with Crippen LogP contribution in [0.2, 0.25) is 0 Å². The van der Waals surface area contributed by atoms with E-state index >= 15 is 0 Å². The van der Waals surface area contributed by atoms with Gasteiger partial charge in [0, 0.05) is 18.8 Å². The van der Waals surface area contributed by atoms with Crippen molar-refractivity contribution in [3.05, 3.63) is 30.1 Å². The monoisotopic (exact) mass is 219 g/mol. The molecule has 1 aliphatic carbocycles. The van der Waals surface area contributed by atoms with Gasteiger partial charge in [0.05, 0.1) is 11.6 Å². The SMILES string of the molecule is NC(=O)C1CCCC1NCc1ccccn1. The predicted octanol–water partition coefficient (Wildman–Crippen LogP) is 0.825. The fourth-order valence-electron chi connectivity index (χ4n) is 2.28. The van der Waals surface area contributed by atoms with Crippen LogP contribution in [0.15, 0.2) is 24.4 Å². The smallest absolute Gasteiger partial charge is 0.222 e. The van der Waals surface area contributed by atoms with Gasteiger partial charge in [0.25, 0.3) is 0 Å². The molecule has 16 heavy (non-hydrogen) atoms. The molecule has 1 aliphatic rings. The van der Waals surface area contributed by atoms with Crippen molar-refractivity contribution < 1.29 is 4.79 Å². The van der Waals surface area contributed by atoms with Gasteiger partial charge in [-0.05, 0) is 25.0 Å². The second-order valence-electron chi connectivity index (χ2n) is 4.25. The molecule has 1 aromatic heterocycles. The molecule has 1 amide bonds. The predicted molar refractivity (Wildman–Crippen MR) is 61.4 cm³/mol. The quantitative estimate of drug-likeness (QED) is 0.788. The maximum atomic E-state index is 11.2. The molecule has 0 aromatic carbocycles. The summed E-state index contributed by atoms with van der Waals surface area (Å²) in [6, 6.07) is 6.05. The molecular weight excluding hydrogens is 202 g/mol. The highest BCUT2D eigenvalue weighted by atomic mass is 16.1. The average Bonchev–Trinajstić information content (AvgIpc) is 2.76. The Bertz CT molecular complexity index is 353. The lowest BCUT2D eigenvalue weighted by atomic mass is 10.0. The summed E-state index contributed by atoms with van der Waals surface area (Å²) >= 11 is 0.